The van der Waals surface area contributed by atoms with E-state index in [1.54, 1.807) is 34.6 Å². The second-order valence-corrected chi connectivity index (χ2v) is 9.44. The Balaban J connectivity index is 1.74. The minimum atomic E-state index is -3.56. The molecule has 7 heteroatoms. The summed E-state index contributed by atoms with van der Waals surface area (Å²) in [4.78, 5) is 2.47. The molecule has 1 aliphatic rings. The second kappa shape index (κ2) is 8.85. The van der Waals surface area contributed by atoms with Crippen molar-refractivity contribution in [2.75, 3.05) is 31.1 Å². The van der Waals surface area contributed by atoms with E-state index in [-0.39, 0.29) is 6.10 Å². The molecule has 1 aliphatic heterocycles. The van der Waals surface area contributed by atoms with Crippen molar-refractivity contribution in [2.45, 2.75) is 38.2 Å². The van der Waals surface area contributed by atoms with Gasteiger partial charge in [-0.3, -0.25) is 0 Å². The molecule has 6 nitrogen and oxygen atoms in total. The maximum atomic E-state index is 13.2. The van der Waals surface area contributed by atoms with Crippen molar-refractivity contribution in [3.63, 3.8) is 0 Å². The van der Waals surface area contributed by atoms with Crippen LogP contribution in [-0.2, 0) is 10.0 Å². The van der Waals surface area contributed by atoms with Gasteiger partial charge in [-0.05, 0) is 75.2 Å². The second-order valence-electron chi connectivity index (χ2n) is 7.50. The molecule has 1 heterocycles. The molecular weight excluding hydrogens is 386 g/mol. The molecule has 2 aromatic carbocycles. The third kappa shape index (κ3) is 4.89. The van der Waals surface area contributed by atoms with Crippen molar-refractivity contribution in [3.8, 4) is 11.8 Å². The van der Waals surface area contributed by atoms with Crippen LogP contribution in [-0.4, -0.2) is 45.0 Å². The normalized spacial score (nSPS) is 15.8. The predicted molar refractivity (Wildman–Crippen MR) is 114 cm³/mol. The van der Waals surface area contributed by atoms with E-state index in [1.165, 1.54) is 0 Å². The Bertz CT molecular complexity index is 995. The molecule has 0 N–H and O–H groups in total. The predicted octanol–water partition coefficient (Wildman–Crippen LogP) is 3.55. The van der Waals surface area contributed by atoms with Gasteiger partial charge in [0.25, 0.3) is 0 Å². The number of rotatable bonds is 5. The minimum Gasteiger partial charge on any atom is -0.491 e. The van der Waals surface area contributed by atoms with Gasteiger partial charge in [0.2, 0.25) is 10.0 Å². The Kier molecular flexibility index (Phi) is 6.46. The number of aryl methyl sites for hydroxylation is 1. The van der Waals surface area contributed by atoms with Crippen LogP contribution in [0.15, 0.2) is 47.4 Å². The van der Waals surface area contributed by atoms with Crippen LogP contribution in [0.3, 0.4) is 0 Å². The third-order valence-corrected chi connectivity index (χ3v) is 6.86. The lowest BCUT2D eigenvalue weighted by atomic mass is 10.2. The Morgan fingerprint density at radius 1 is 1.03 bits per heavy atom. The van der Waals surface area contributed by atoms with E-state index in [9.17, 15) is 8.42 Å². The molecule has 0 aromatic heterocycles. The fourth-order valence-electron chi connectivity index (χ4n) is 3.46. The van der Waals surface area contributed by atoms with E-state index in [1.807, 2.05) is 32.9 Å². The lowest BCUT2D eigenvalue weighted by molar-refractivity contribution is 0.240. The van der Waals surface area contributed by atoms with Crippen molar-refractivity contribution < 1.29 is 13.2 Å². The Morgan fingerprint density at radius 2 is 1.76 bits per heavy atom. The molecule has 0 radical (unpaired) electrons. The van der Waals surface area contributed by atoms with E-state index < -0.39 is 10.0 Å². The fourth-order valence-corrected chi connectivity index (χ4v) is 5.01. The summed E-state index contributed by atoms with van der Waals surface area (Å²) >= 11 is 0. The van der Waals surface area contributed by atoms with E-state index in [0.29, 0.717) is 35.8 Å². The summed E-state index contributed by atoms with van der Waals surface area (Å²) in [6, 6.07) is 14.6. The first-order chi connectivity index (χ1) is 13.8. The smallest absolute Gasteiger partial charge is 0.243 e. The summed E-state index contributed by atoms with van der Waals surface area (Å²) in [6.07, 6.45) is 0.780. The first kappa shape index (κ1) is 21.2. The molecule has 0 saturated carbocycles. The molecule has 3 rings (SSSR count). The van der Waals surface area contributed by atoms with Crippen molar-refractivity contribution in [3.05, 3.63) is 53.6 Å². The first-order valence-corrected chi connectivity index (χ1v) is 11.3. The zero-order valence-corrected chi connectivity index (χ0v) is 17.9. The van der Waals surface area contributed by atoms with Gasteiger partial charge in [0.05, 0.1) is 22.6 Å². The summed E-state index contributed by atoms with van der Waals surface area (Å²) in [5, 5.41) is 8.95. The molecule has 2 aromatic rings. The molecule has 29 heavy (non-hydrogen) atoms. The average Bonchev–Trinajstić information content (AvgIpc) is 2.96. The van der Waals surface area contributed by atoms with Gasteiger partial charge in [-0.25, -0.2) is 8.42 Å². The van der Waals surface area contributed by atoms with Gasteiger partial charge in [0.15, 0.2) is 0 Å². The van der Waals surface area contributed by atoms with Gasteiger partial charge in [-0.15, -0.1) is 0 Å². The number of anilines is 1. The Morgan fingerprint density at radius 3 is 2.38 bits per heavy atom. The van der Waals surface area contributed by atoms with E-state index in [0.717, 1.165) is 24.2 Å². The highest BCUT2D eigenvalue weighted by Gasteiger charge is 2.27. The molecule has 154 valence electrons. The molecular formula is C22H27N3O3S. The summed E-state index contributed by atoms with van der Waals surface area (Å²) in [6.45, 7) is 8.05. The number of hydrogen-bond donors (Lipinski definition) is 0. The number of nitrogens with zero attached hydrogens (tertiary/aromatic N) is 3. The number of ether oxygens (including phenoxy) is 1. The Labute approximate surface area is 173 Å². The highest BCUT2D eigenvalue weighted by atomic mass is 32.2. The van der Waals surface area contributed by atoms with Gasteiger partial charge < -0.3 is 9.64 Å². The summed E-state index contributed by atoms with van der Waals surface area (Å²) in [5.41, 5.74) is 2.44. The van der Waals surface area contributed by atoms with Gasteiger partial charge in [0.1, 0.15) is 5.75 Å². The zero-order chi connectivity index (χ0) is 21.0. The van der Waals surface area contributed by atoms with Gasteiger partial charge >= 0.3 is 0 Å². The molecule has 0 aliphatic carbocycles. The lowest BCUT2D eigenvalue weighted by Gasteiger charge is -2.24. The number of sulfonamides is 1. The van der Waals surface area contributed by atoms with E-state index >= 15 is 0 Å². The molecule has 0 bridgehead atoms. The monoisotopic (exact) mass is 413 g/mol. The summed E-state index contributed by atoms with van der Waals surface area (Å²) in [7, 11) is -3.56. The minimum absolute atomic E-state index is 0.0370. The van der Waals surface area contributed by atoms with Crippen LogP contribution in [0.4, 0.5) is 5.69 Å². The van der Waals surface area contributed by atoms with Crippen LogP contribution in [0.1, 0.15) is 31.4 Å². The van der Waals surface area contributed by atoms with Crippen molar-refractivity contribution in [1.82, 2.24) is 4.31 Å². The summed E-state index contributed by atoms with van der Waals surface area (Å²) < 4.78 is 33.7. The maximum absolute atomic E-state index is 13.2. The van der Waals surface area contributed by atoms with Crippen LogP contribution in [0, 0.1) is 18.3 Å². The average molecular weight is 414 g/mol. The summed E-state index contributed by atoms with van der Waals surface area (Å²) in [5.74, 6) is 0.710. The van der Waals surface area contributed by atoms with Crippen molar-refractivity contribution >= 4 is 15.7 Å². The SMILES string of the molecule is Cc1cc(S(=O)(=O)N2CCCN(c3ccc(C#N)cc3)CC2)ccc1OC(C)C. The highest BCUT2D eigenvalue weighted by Crippen LogP contribution is 2.26. The largest absolute Gasteiger partial charge is 0.491 e. The highest BCUT2D eigenvalue weighted by molar-refractivity contribution is 7.89. The number of nitriles is 1. The fraction of sp³-hybridized carbons (Fsp3) is 0.409. The van der Waals surface area contributed by atoms with Crippen molar-refractivity contribution in [2.24, 2.45) is 0 Å². The number of hydrogen-bond acceptors (Lipinski definition) is 5. The molecule has 0 spiro atoms. The molecule has 0 unspecified atom stereocenters. The quantitative estimate of drug-likeness (QED) is 0.749. The number of benzene rings is 2. The topological polar surface area (TPSA) is 73.6 Å². The van der Waals surface area contributed by atoms with Crippen LogP contribution >= 0.6 is 0 Å². The van der Waals surface area contributed by atoms with Crippen molar-refractivity contribution in [1.29, 1.82) is 5.26 Å². The third-order valence-electron chi connectivity index (χ3n) is 4.96. The molecule has 0 atom stereocenters. The van der Waals surface area contributed by atoms with Crippen LogP contribution in [0.2, 0.25) is 0 Å². The Hall–Kier alpha value is -2.56. The van der Waals surface area contributed by atoms with E-state index in [4.69, 9.17) is 10.00 Å². The van der Waals surface area contributed by atoms with Gasteiger partial charge in [-0.1, -0.05) is 0 Å². The first-order valence-electron chi connectivity index (χ1n) is 9.84. The van der Waals surface area contributed by atoms with Crippen LogP contribution in [0.5, 0.6) is 5.75 Å². The van der Waals surface area contributed by atoms with Crippen LogP contribution < -0.4 is 9.64 Å². The molecule has 1 fully saturated rings. The molecule has 0 amide bonds. The van der Waals surface area contributed by atoms with Gasteiger partial charge in [0, 0.05) is 31.9 Å². The molecule has 1 saturated heterocycles. The van der Waals surface area contributed by atoms with E-state index in [2.05, 4.69) is 11.0 Å². The lowest BCUT2D eigenvalue weighted by Crippen LogP contribution is -2.35. The zero-order valence-electron chi connectivity index (χ0n) is 17.1. The standard InChI is InChI=1S/C22H27N3O3S/c1-17(2)28-22-10-9-21(15-18(22)3)29(26,27)25-12-4-11-24(13-14-25)20-7-5-19(16-23)6-8-20/h5-10,15,17H,4,11-14H2,1-3H3. The van der Waals surface area contributed by atoms with Gasteiger partial charge in [-0.2, -0.15) is 9.57 Å². The van der Waals surface area contributed by atoms with Crippen LogP contribution in [0.25, 0.3) is 0 Å². The maximum Gasteiger partial charge on any atom is 0.243 e.